The molecule has 0 saturated heterocycles. The number of rotatable bonds is 8. The van der Waals surface area contributed by atoms with Crippen molar-refractivity contribution in [1.29, 1.82) is 0 Å². The van der Waals surface area contributed by atoms with Gasteiger partial charge in [0.05, 0.1) is 31.8 Å². The number of aromatic nitrogens is 1. The van der Waals surface area contributed by atoms with Crippen LogP contribution in [0.15, 0.2) is 65.4 Å². The molecule has 26 heavy (non-hydrogen) atoms. The van der Waals surface area contributed by atoms with Crippen LogP contribution in [0.3, 0.4) is 0 Å². The summed E-state index contributed by atoms with van der Waals surface area (Å²) in [5.41, 5.74) is 2.32. The molecule has 0 spiro atoms. The number of nitrogens with one attached hydrogen (secondary N) is 2. The van der Waals surface area contributed by atoms with E-state index in [4.69, 9.17) is 9.15 Å². The average Bonchev–Trinajstić information content (AvgIpc) is 3.20. The standard InChI is InChI=1S/C20H21N3O3/c1-25-17-5-2-4-15(12-17)9-10-21-20(24)19-8-7-16(13-23-19)22-14-18-6-3-11-26-18/h2-8,11-13,22H,9-10,14H2,1H3,(H,21,24). The Kier molecular flexibility index (Phi) is 5.88. The van der Waals surface area contributed by atoms with Crippen LogP contribution in [0.4, 0.5) is 5.69 Å². The van der Waals surface area contributed by atoms with Gasteiger partial charge in [0.1, 0.15) is 17.2 Å². The maximum atomic E-state index is 12.2. The van der Waals surface area contributed by atoms with Crippen LogP contribution in [0.25, 0.3) is 0 Å². The molecule has 1 amide bonds. The Morgan fingerprint density at radius 2 is 2.12 bits per heavy atom. The molecule has 6 heteroatoms. The fourth-order valence-corrected chi connectivity index (χ4v) is 2.47. The van der Waals surface area contributed by atoms with E-state index in [1.165, 1.54) is 0 Å². The molecule has 0 radical (unpaired) electrons. The molecule has 3 aromatic rings. The Morgan fingerprint density at radius 3 is 2.85 bits per heavy atom. The van der Waals surface area contributed by atoms with Crippen molar-refractivity contribution in [1.82, 2.24) is 10.3 Å². The molecule has 0 saturated carbocycles. The van der Waals surface area contributed by atoms with E-state index in [9.17, 15) is 4.79 Å². The van der Waals surface area contributed by atoms with Crippen LogP contribution >= 0.6 is 0 Å². The number of furan rings is 1. The van der Waals surface area contributed by atoms with Gasteiger partial charge in [0.25, 0.3) is 5.91 Å². The van der Waals surface area contributed by atoms with E-state index < -0.39 is 0 Å². The highest BCUT2D eigenvalue weighted by Crippen LogP contribution is 2.13. The first-order chi connectivity index (χ1) is 12.7. The summed E-state index contributed by atoms with van der Waals surface area (Å²) >= 11 is 0. The first-order valence-corrected chi connectivity index (χ1v) is 8.38. The number of hydrogen-bond acceptors (Lipinski definition) is 5. The van der Waals surface area contributed by atoms with Gasteiger partial charge in [-0.3, -0.25) is 4.79 Å². The lowest BCUT2D eigenvalue weighted by Gasteiger charge is -2.08. The third-order valence-corrected chi connectivity index (χ3v) is 3.88. The third-order valence-electron chi connectivity index (χ3n) is 3.88. The molecular weight excluding hydrogens is 330 g/mol. The minimum Gasteiger partial charge on any atom is -0.497 e. The summed E-state index contributed by atoms with van der Waals surface area (Å²) in [6.45, 7) is 1.10. The number of nitrogens with zero attached hydrogens (tertiary/aromatic N) is 1. The SMILES string of the molecule is COc1cccc(CCNC(=O)c2ccc(NCc3ccco3)cn2)c1. The van der Waals surface area contributed by atoms with E-state index >= 15 is 0 Å². The number of carbonyl (C=O) groups is 1. The zero-order valence-corrected chi connectivity index (χ0v) is 14.6. The molecule has 0 fully saturated rings. The topological polar surface area (TPSA) is 76.4 Å². The van der Waals surface area contributed by atoms with Gasteiger partial charge in [-0.2, -0.15) is 0 Å². The highest BCUT2D eigenvalue weighted by molar-refractivity contribution is 5.92. The normalized spacial score (nSPS) is 10.3. The van der Waals surface area contributed by atoms with E-state index in [1.54, 1.807) is 25.6 Å². The van der Waals surface area contributed by atoms with E-state index in [0.717, 1.165) is 29.2 Å². The van der Waals surface area contributed by atoms with Gasteiger partial charge >= 0.3 is 0 Å². The molecule has 6 nitrogen and oxygen atoms in total. The lowest BCUT2D eigenvalue weighted by molar-refractivity contribution is 0.0949. The largest absolute Gasteiger partial charge is 0.497 e. The van der Waals surface area contributed by atoms with Crippen LogP contribution in [0, 0.1) is 0 Å². The fourth-order valence-electron chi connectivity index (χ4n) is 2.47. The lowest BCUT2D eigenvalue weighted by Crippen LogP contribution is -2.26. The number of benzene rings is 1. The van der Waals surface area contributed by atoms with E-state index in [-0.39, 0.29) is 5.91 Å². The van der Waals surface area contributed by atoms with E-state index in [2.05, 4.69) is 15.6 Å². The minimum atomic E-state index is -0.189. The molecule has 2 N–H and O–H groups in total. The molecule has 0 atom stereocenters. The van der Waals surface area contributed by atoms with Gasteiger partial charge in [-0.1, -0.05) is 12.1 Å². The molecule has 0 unspecified atom stereocenters. The molecule has 134 valence electrons. The van der Waals surface area contributed by atoms with Crippen molar-refractivity contribution in [2.75, 3.05) is 19.0 Å². The van der Waals surface area contributed by atoms with Crippen LogP contribution in [0.2, 0.25) is 0 Å². The van der Waals surface area contributed by atoms with Crippen LogP contribution in [-0.2, 0) is 13.0 Å². The van der Waals surface area contributed by atoms with Crippen molar-refractivity contribution in [2.45, 2.75) is 13.0 Å². The summed E-state index contributed by atoms with van der Waals surface area (Å²) in [6.07, 6.45) is 4.00. The first kappa shape index (κ1) is 17.5. The van der Waals surface area contributed by atoms with Crippen molar-refractivity contribution < 1.29 is 13.9 Å². The van der Waals surface area contributed by atoms with Crippen LogP contribution in [-0.4, -0.2) is 24.5 Å². The van der Waals surface area contributed by atoms with Gasteiger partial charge < -0.3 is 19.8 Å². The van der Waals surface area contributed by atoms with Crippen LogP contribution in [0.1, 0.15) is 21.8 Å². The van der Waals surface area contributed by atoms with Gasteiger partial charge in [-0.15, -0.1) is 0 Å². The number of amides is 1. The number of anilines is 1. The maximum absolute atomic E-state index is 12.2. The molecule has 0 aliphatic rings. The lowest BCUT2D eigenvalue weighted by atomic mass is 10.1. The Morgan fingerprint density at radius 1 is 1.19 bits per heavy atom. The molecule has 2 heterocycles. The Labute approximate surface area is 152 Å². The van der Waals surface area contributed by atoms with Crippen molar-refractivity contribution in [3.8, 4) is 5.75 Å². The summed E-state index contributed by atoms with van der Waals surface area (Å²) in [5.74, 6) is 1.46. The first-order valence-electron chi connectivity index (χ1n) is 8.38. The molecule has 3 rings (SSSR count). The second kappa shape index (κ2) is 8.71. The molecule has 1 aromatic carbocycles. The van der Waals surface area contributed by atoms with Crippen LogP contribution < -0.4 is 15.4 Å². The van der Waals surface area contributed by atoms with Gasteiger partial charge in [0.15, 0.2) is 0 Å². The zero-order chi connectivity index (χ0) is 18.2. The Hall–Kier alpha value is -3.28. The number of hydrogen-bond donors (Lipinski definition) is 2. The van der Waals surface area contributed by atoms with Gasteiger partial charge in [0, 0.05) is 6.54 Å². The summed E-state index contributed by atoms with van der Waals surface area (Å²) < 4.78 is 10.5. The number of methoxy groups -OCH3 is 1. The Bertz CT molecular complexity index is 830. The maximum Gasteiger partial charge on any atom is 0.269 e. The molecule has 0 aliphatic heterocycles. The zero-order valence-electron chi connectivity index (χ0n) is 14.6. The summed E-state index contributed by atoms with van der Waals surface area (Å²) in [6, 6.07) is 15.1. The van der Waals surface area contributed by atoms with Crippen molar-refractivity contribution >= 4 is 11.6 Å². The molecule has 2 aromatic heterocycles. The average molecular weight is 351 g/mol. The highest BCUT2D eigenvalue weighted by Gasteiger charge is 2.07. The Balaban J connectivity index is 1.46. The van der Waals surface area contributed by atoms with Crippen molar-refractivity contribution in [3.05, 3.63) is 78.0 Å². The smallest absolute Gasteiger partial charge is 0.269 e. The molecular formula is C20H21N3O3. The summed E-state index contributed by atoms with van der Waals surface area (Å²) in [4.78, 5) is 16.4. The second-order valence-corrected chi connectivity index (χ2v) is 5.72. The number of pyridine rings is 1. The predicted octanol–water partition coefficient (Wildman–Crippen LogP) is 3.27. The monoisotopic (exact) mass is 351 g/mol. The fraction of sp³-hybridized carbons (Fsp3) is 0.200. The van der Waals surface area contributed by atoms with Gasteiger partial charge in [0.2, 0.25) is 0 Å². The van der Waals surface area contributed by atoms with E-state index in [1.807, 2.05) is 42.5 Å². The van der Waals surface area contributed by atoms with Crippen molar-refractivity contribution in [2.24, 2.45) is 0 Å². The predicted molar refractivity (Wildman–Crippen MR) is 99.3 cm³/mol. The number of carbonyl (C=O) groups excluding carboxylic acids is 1. The molecule has 0 aliphatic carbocycles. The summed E-state index contributed by atoms with van der Waals surface area (Å²) in [5, 5.41) is 6.07. The second-order valence-electron chi connectivity index (χ2n) is 5.72. The minimum absolute atomic E-state index is 0.189. The van der Waals surface area contributed by atoms with Crippen molar-refractivity contribution in [3.63, 3.8) is 0 Å². The molecule has 0 bridgehead atoms. The summed E-state index contributed by atoms with van der Waals surface area (Å²) in [7, 11) is 1.64. The van der Waals surface area contributed by atoms with Crippen LogP contribution in [0.5, 0.6) is 5.75 Å². The quantitative estimate of drug-likeness (QED) is 0.651. The van der Waals surface area contributed by atoms with Gasteiger partial charge in [-0.25, -0.2) is 4.98 Å². The highest BCUT2D eigenvalue weighted by atomic mass is 16.5. The third kappa shape index (κ3) is 4.86. The van der Waals surface area contributed by atoms with E-state index in [0.29, 0.717) is 18.8 Å². The van der Waals surface area contributed by atoms with Gasteiger partial charge in [-0.05, 0) is 48.4 Å². The number of ether oxygens (including phenoxy) is 1.